The number of likely N-dealkylation sites (tertiary alicyclic amines) is 1. The van der Waals surface area contributed by atoms with Crippen molar-refractivity contribution in [3.05, 3.63) is 46.3 Å². The van der Waals surface area contributed by atoms with Gasteiger partial charge in [-0.3, -0.25) is 4.79 Å². The number of benzene rings is 1. The molecule has 1 amide bonds. The normalized spacial score (nSPS) is 20.3. The van der Waals surface area contributed by atoms with Crippen LogP contribution in [0.5, 0.6) is 0 Å². The molecule has 1 unspecified atom stereocenters. The average molecular weight is 302 g/mol. The molecule has 0 spiro atoms. The number of carbonyl (C=O) groups excluding carboxylic acids is 2. The molecule has 22 heavy (non-hydrogen) atoms. The number of azide groups is 1. The lowest BCUT2D eigenvalue weighted by Crippen LogP contribution is -2.41. The Labute approximate surface area is 128 Å². The Balaban J connectivity index is 2.02. The lowest BCUT2D eigenvalue weighted by Gasteiger charge is -2.22. The van der Waals surface area contributed by atoms with Crippen molar-refractivity contribution in [3.63, 3.8) is 0 Å². The number of esters is 1. The minimum atomic E-state index is -0.663. The maximum absolute atomic E-state index is 12.4. The Bertz CT molecular complexity index is 584. The first-order valence-corrected chi connectivity index (χ1v) is 7.11. The third-order valence-electron chi connectivity index (χ3n) is 3.76. The molecule has 7 nitrogen and oxygen atoms in total. The molecule has 0 aromatic heterocycles. The van der Waals surface area contributed by atoms with E-state index in [1.807, 2.05) is 30.3 Å². The quantitative estimate of drug-likeness (QED) is 0.360. The third-order valence-corrected chi connectivity index (χ3v) is 3.76. The molecule has 1 heterocycles. The van der Waals surface area contributed by atoms with E-state index in [-0.39, 0.29) is 18.5 Å². The zero-order valence-corrected chi connectivity index (χ0v) is 12.4. The van der Waals surface area contributed by atoms with E-state index in [1.54, 1.807) is 0 Å². The molecule has 0 saturated carbocycles. The predicted molar refractivity (Wildman–Crippen MR) is 79.8 cm³/mol. The lowest BCUT2D eigenvalue weighted by molar-refractivity contribution is -0.150. The second-order valence-corrected chi connectivity index (χ2v) is 5.17. The first-order valence-electron chi connectivity index (χ1n) is 7.11. The van der Waals surface area contributed by atoms with Gasteiger partial charge in [0.2, 0.25) is 5.91 Å². The number of hydrogen-bond donors (Lipinski definition) is 0. The SMILES string of the molecule is COC(=O)C1C[C@@H](N=[N+]=[N-])CN1C(=O)CCc1ccccc1. The fraction of sp³-hybridized carbons (Fsp3) is 0.467. The van der Waals surface area contributed by atoms with Crippen LogP contribution in [0.4, 0.5) is 0 Å². The molecule has 1 aliphatic heterocycles. The Morgan fingerprint density at radius 3 is 2.77 bits per heavy atom. The molecule has 2 rings (SSSR count). The molecule has 0 bridgehead atoms. The average Bonchev–Trinajstić information content (AvgIpc) is 2.97. The Morgan fingerprint density at radius 1 is 1.41 bits per heavy atom. The van der Waals surface area contributed by atoms with Gasteiger partial charge in [-0.1, -0.05) is 35.4 Å². The third kappa shape index (κ3) is 3.77. The zero-order valence-electron chi connectivity index (χ0n) is 12.4. The smallest absolute Gasteiger partial charge is 0.328 e. The summed E-state index contributed by atoms with van der Waals surface area (Å²) in [7, 11) is 1.29. The highest BCUT2D eigenvalue weighted by molar-refractivity contribution is 5.85. The van der Waals surface area contributed by atoms with Crippen LogP contribution in [0.25, 0.3) is 10.4 Å². The molecule has 1 saturated heterocycles. The number of amides is 1. The minimum Gasteiger partial charge on any atom is -0.467 e. The van der Waals surface area contributed by atoms with Crippen molar-refractivity contribution in [3.8, 4) is 0 Å². The first-order chi connectivity index (χ1) is 10.7. The Morgan fingerprint density at radius 2 is 2.14 bits per heavy atom. The van der Waals surface area contributed by atoms with Gasteiger partial charge < -0.3 is 9.64 Å². The fourth-order valence-corrected chi connectivity index (χ4v) is 2.65. The molecule has 1 aromatic carbocycles. The van der Waals surface area contributed by atoms with E-state index in [9.17, 15) is 9.59 Å². The summed E-state index contributed by atoms with van der Waals surface area (Å²) in [6.07, 6.45) is 1.23. The van der Waals surface area contributed by atoms with Crippen LogP contribution in [0.3, 0.4) is 0 Å². The molecule has 2 atom stereocenters. The van der Waals surface area contributed by atoms with Crippen molar-refractivity contribution in [1.29, 1.82) is 0 Å². The second kappa shape index (κ2) is 7.47. The monoisotopic (exact) mass is 302 g/mol. The first kappa shape index (κ1) is 15.9. The molecule has 1 aromatic rings. The van der Waals surface area contributed by atoms with Crippen molar-refractivity contribution in [1.82, 2.24) is 4.90 Å². The summed E-state index contributed by atoms with van der Waals surface area (Å²) in [6, 6.07) is 8.63. The van der Waals surface area contributed by atoms with Crippen molar-refractivity contribution in [2.45, 2.75) is 31.3 Å². The molecule has 1 aliphatic rings. The number of rotatable bonds is 5. The van der Waals surface area contributed by atoms with E-state index >= 15 is 0 Å². The van der Waals surface area contributed by atoms with Gasteiger partial charge in [-0.05, 0) is 23.9 Å². The summed E-state index contributed by atoms with van der Waals surface area (Å²) in [5, 5.41) is 3.62. The summed E-state index contributed by atoms with van der Waals surface area (Å²) in [5.74, 6) is -0.599. The summed E-state index contributed by atoms with van der Waals surface area (Å²) < 4.78 is 4.74. The maximum atomic E-state index is 12.4. The van der Waals surface area contributed by atoms with E-state index in [0.717, 1.165) is 5.56 Å². The minimum absolute atomic E-state index is 0.130. The molecular weight excluding hydrogens is 284 g/mol. The van der Waals surface area contributed by atoms with E-state index in [2.05, 4.69) is 10.0 Å². The second-order valence-electron chi connectivity index (χ2n) is 5.17. The van der Waals surface area contributed by atoms with Gasteiger partial charge in [0.1, 0.15) is 6.04 Å². The van der Waals surface area contributed by atoms with Gasteiger partial charge in [-0.15, -0.1) is 0 Å². The number of methoxy groups -OCH3 is 1. The van der Waals surface area contributed by atoms with Crippen molar-refractivity contribution in [2.24, 2.45) is 5.11 Å². The lowest BCUT2D eigenvalue weighted by atomic mass is 10.1. The standard InChI is InChI=1S/C15H18N4O3/c1-22-15(21)13-9-12(17-18-16)10-19(13)14(20)8-7-11-5-3-2-4-6-11/h2-6,12-13H,7-10H2,1H3/t12-,13?/m1/s1. The number of aryl methyl sites for hydroxylation is 1. The van der Waals surface area contributed by atoms with Crippen LogP contribution in [0.1, 0.15) is 18.4 Å². The Hall–Kier alpha value is -2.53. The summed E-state index contributed by atoms with van der Waals surface area (Å²) in [6.45, 7) is 0.261. The van der Waals surface area contributed by atoms with Crippen molar-refractivity contribution < 1.29 is 14.3 Å². The highest BCUT2D eigenvalue weighted by Crippen LogP contribution is 2.23. The topological polar surface area (TPSA) is 95.4 Å². The highest BCUT2D eigenvalue weighted by Gasteiger charge is 2.39. The molecule has 0 N–H and O–H groups in total. The number of nitrogens with zero attached hydrogens (tertiary/aromatic N) is 4. The van der Waals surface area contributed by atoms with Crippen LogP contribution in [-0.2, 0) is 20.7 Å². The number of ether oxygens (including phenoxy) is 1. The van der Waals surface area contributed by atoms with Gasteiger partial charge in [-0.25, -0.2) is 4.79 Å². The predicted octanol–water partition coefficient (Wildman–Crippen LogP) is 2.07. The molecule has 1 fully saturated rings. The van der Waals surface area contributed by atoms with E-state index in [1.165, 1.54) is 12.0 Å². The van der Waals surface area contributed by atoms with Crippen LogP contribution in [-0.4, -0.2) is 42.5 Å². The van der Waals surface area contributed by atoms with E-state index in [4.69, 9.17) is 10.3 Å². The van der Waals surface area contributed by atoms with Gasteiger partial charge in [0, 0.05) is 17.9 Å². The van der Waals surface area contributed by atoms with Gasteiger partial charge in [0.25, 0.3) is 0 Å². The number of carbonyl (C=O) groups is 2. The molecule has 116 valence electrons. The van der Waals surface area contributed by atoms with Gasteiger partial charge in [-0.2, -0.15) is 0 Å². The molecule has 0 radical (unpaired) electrons. The van der Waals surface area contributed by atoms with Crippen molar-refractivity contribution in [2.75, 3.05) is 13.7 Å². The highest BCUT2D eigenvalue weighted by atomic mass is 16.5. The Kier molecular flexibility index (Phi) is 5.38. The maximum Gasteiger partial charge on any atom is 0.328 e. The van der Waals surface area contributed by atoms with Gasteiger partial charge in [0.15, 0.2) is 0 Å². The summed E-state index contributed by atoms with van der Waals surface area (Å²) >= 11 is 0. The van der Waals surface area contributed by atoms with Crippen LogP contribution >= 0.6 is 0 Å². The van der Waals surface area contributed by atoms with Crippen LogP contribution in [0, 0.1) is 0 Å². The van der Waals surface area contributed by atoms with Crippen LogP contribution in [0.15, 0.2) is 35.4 Å². The summed E-state index contributed by atoms with van der Waals surface area (Å²) in [5.41, 5.74) is 9.59. The van der Waals surface area contributed by atoms with Crippen molar-refractivity contribution >= 4 is 11.9 Å². The van der Waals surface area contributed by atoms with E-state index < -0.39 is 12.0 Å². The van der Waals surface area contributed by atoms with Crippen LogP contribution in [0.2, 0.25) is 0 Å². The largest absolute Gasteiger partial charge is 0.467 e. The van der Waals surface area contributed by atoms with E-state index in [0.29, 0.717) is 19.3 Å². The van der Waals surface area contributed by atoms with Gasteiger partial charge >= 0.3 is 5.97 Å². The molecule has 0 aliphatic carbocycles. The van der Waals surface area contributed by atoms with Crippen LogP contribution < -0.4 is 0 Å². The molecular formula is C15H18N4O3. The fourth-order valence-electron chi connectivity index (χ4n) is 2.65. The summed E-state index contributed by atoms with van der Waals surface area (Å²) in [4.78, 5) is 28.4. The zero-order chi connectivity index (χ0) is 15.9. The van der Waals surface area contributed by atoms with Gasteiger partial charge in [0.05, 0.1) is 13.2 Å². The molecule has 7 heteroatoms. The number of hydrogen-bond acceptors (Lipinski definition) is 4.